The van der Waals surface area contributed by atoms with Crippen molar-refractivity contribution in [2.24, 2.45) is 11.8 Å². The van der Waals surface area contributed by atoms with Gasteiger partial charge >= 0.3 is 5.97 Å². The summed E-state index contributed by atoms with van der Waals surface area (Å²) in [5.41, 5.74) is 0. The Morgan fingerprint density at radius 1 is 1.44 bits per heavy atom. The van der Waals surface area contributed by atoms with E-state index in [9.17, 15) is 4.79 Å². The second kappa shape index (κ2) is 6.53. The lowest BCUT2D eigenvalue weighted by Crippen LogP contribution is -2.31. The van der Waals surface area contributed by atoms with Crippen LogP contribution in [0.15, 0.2) is 0 Å². The zero-order valence-electron chi connectivity index (χ0n) is 10.6. The standard InChI is InChI=1S/C13H24O2S/c1-4-10-6-5-7-11(8-10)15-13(14)12(16)9(2)3/h9-12,16H,4-8H2,1-3H3. The second-order valence-electron chi connectivity index (χ2n) is 5.19. The van der Waals surface area contributed by atoms with Crippen molar-refractivity contribution in [2.75, 3.05) is 0 Å². The van der Waals surface area contributed by atoms with E-state index in [2.05, 4.69) is 19.6 Å². The van der Waals surface area contributed by atoms with E-state index < -0.39 is 0 Å². The van der Waals surface area contributed by atoms with Crippen molar-refractivity contribution in [1.82, 2.24) is 0 Å². The predicted octanol–water partition coefficient (Wildman–Crippen LogP) is 3.45. The van der Waals surface area contributed by atoms with Gasteiger partial charge in [0.2, 0.25) is 0 Å². The van der Waals surface area contributed by atoms with Crippen LogP contribution in [0, 0.1) is 11.8 Å². The number of carbonyl (C=O) groups is 1. The fourth-order valence-electron chi connectivity index (χ4n) is 2.23. The summed E-state index contributed by atoms with van der Waals surface area (Å²) in [5.74, 6) is 0.838. The molecule has 3 unspecified atom stereocenters. The number of hydrogen-bond acceptors (Lipinski definition) is 3. The molecule has 3 heteroatoms. The summed E-state index contributed by atoms with van der Waals surface area (Å²) in [6.45, 7) is 6.20. The average molecular weight is 244 g/mol. The summed E-state index contributed by atoms with van der Waals surface area (Å²) < 4.78 is 5.53. The number of hydrogen-bond donors (Lipinski definition) is 1. The smallest absolute Gasteiger partial charge is 0.319 e. The van der Waals surface area contributed by atoms with E-state index in [1.807, 2.05) is 13.8 Å². The van der Waals surface area contributed by atoms with Crippen molar-refractivity contribution in [1.29, 1.82) is 0 Å². The van der Waals surface area contributed by atoms with Gasteiger partial charge in [-0.2, -0.15) is 12.6 Å². The lowest BCUT2D eigenvalue weighted by atomic mass is 9.85. The van der Waals surface area contributed by atoms with Gasteiger partial charge in [-0.1, -0.05) is 33.6 Å². The van der Waals surface area contributed by atoms with E-state index in [1.54, 1.807) is 0 Å². The van der Waals surface area contributed by atoms with Gasteiger partial charge in [0.25, 0.3) is 0 Å². The highest BCUT2D eigenvalue weighted by Gasteiger charge is 2.27. The molecule has 0 N–H and O–H groups in total. The van der Waals surface area contributed by atoms with Crippen molar-refractivity contribution in [3.05, 3.63) is 0 Å². The molecule has 0 amide bonds. The number of thiol groups is 1. The molecule has 1 rings (SSSR count). The van der Waals surface area contributed by atoms with Gasteiger partial charge in [-0.3, -0.25) is 4.79 Å². The summed E-state index contributed by atoms with van der Waals surface area (Å²) in [6.07, 6.45) is 5.89. The topological polar surface area (TPSA) is 26.3 Å². The van der Waals surface area contributed by atoms with E-state index in [0.717, 1.165) is 18.8 Å². The highest BCUT2D eigenvalue weighted by Crippen LogP contribution is 2.29. The molecule has 3 atom stereocenters. The zero-order chi connectivity index (χ0) is 12.1. The summed E-state index contributed by atoms with van der Waals surface area (Å²) >= 11 is 4.29. The summed E-state index contributed by atoms with van der Waals surface area (Å²) in [5, 5.41) is -0.276. The third-order valence-electron chi connectivity index (χ3n) is 3.47. The Labute approximate surface area is 105 Å². The lowest BCUT2D eigenvalue weighted by molar-refractivity contribution is -0.151. The van der Waals surface area contributed by atoms with Crippen LogP contribution in [0.25, 0.3) is 0 Å². The van der Waals surface area contributed by atoms with Crippen LogP contribution < -0.4 is 0 Å². The fourth-order valence-corrected chi connectivity index (χ4v) is 2.29. The predicted molar refractivity (Wildman–Crippen MR) is 69.7 cm³/mol. The van der Waals surface area contributed by atoms with E-state index >= 15 is 0 Å². The van der Waals surface area contributed by atoms with Gasteiger partial charge < -0.3 is 4.74 Å². The second-order valence-corrected chi connectivity index (χ2v) is 5.74. The van der Waals surface area contributed by atoms with Crippen molar-refractivity contribution >= 4 is 18.6 Å². The molecular formula is C13H24O2S. The van der Waals surface area contributed by atoms with Crippen LogP contribution in [0.3, 0.4) is 0 Å². The third-order valence-corrected chi connectivity index (χ3v) is 4.27. The van der Waals surface area contributed by atoms with Crippen molar-refractivity contribution in [3.63, 3.8) is 0 Å². The Morgan fingerprint density at radius 3 is 2.69 bits per heavy atom. The van der Waals surface area contributed by atoms with E-state index in [0.29, 0.717) is 0 Å². The van der Waals surface area contributed by atoms with Crippen molar-refractivity contribution in [3.8, 4) is 0 Å². The molecule has 0 radical (unpaired) electrons. The van der Waals surface area contributed by atoms with Crippen LogP contribution in [-0.4, -0.2) is 17.3 Å². The first-order valence-electron chi connectivity index (χ1n) is 6.43. The first-order chi connectivity index (χ1) is 7.54. The highest BCUT2D eigenvalue weighted by molar-refractivity contribution is 7.81. The third kappa shape index (κ3) is 4.00. The summed E-state index contributed by atoms with van der Waals surface area (Å²) in [4.78, 5) is 11.7. The van der Waals surface area contributed by atoms with Crippen molar-refractivity contribution < 1.29 is 9.53 Å². The summed E-state index contributed by atoms with van der Waals surface area (Å²) in [7, 11) is 0. The van der Waals surface area contributed by atoms with E-state index in [-0.39, 0.29) is 23.2 Å². The molecule has 0 aromatic carbocycles. The van der Waals surface area contributed by atoms with Crippen LogP contribution in [-0.2, 0) is 9.53 Å². The van der Waals surface area contributed by atoms with Crippen LogP contribution in [0.1, 0.15) is 52.9 Å². The van der Waals surface area contributed by atoms with Crippen LogP contribution in [0.4, 0.5) is 0 Å². The molecule has 0 aliphatic heterocycles. The SMILES string of the molecule is CCC1CCCC(OC(=O)C(S)C(C)C)C1. The molecule has 0 spiro atoms. The first kappa shape index (κ1) is 13.9. The molecule has 2 nitrogen and oxygen atoms in total. The van der Waals surface area contributed by atoms with Gasteiger partial charge in [0.1, 0.15) is 11.4 Å². The minimum Gasteiger partial charge on any atom is -0.462 e. The summed E-state index contributed by atoms with van der Waals surface area (Å²) in [6, 6.07) is 0. The molecule has 0 saturated heterocycles. The molecule has 1 aliphatic rings. The minimum absolute atomic E-state index is 0.139. The Hall–Kier alpha value is -0.180. The molecule has 0 bridgehead atoms. The van der Waals surface area contributed by atoms with Gasteiger partial charge in [-0.25, -0.2) is 0 Å². The fraction of sp³-hybridized carbons (Fsp3) is 0.923. The minimum atomic E-state index is -0.276. The maximum Gasteiger partial charge on any atom is 0.319 e. The van der Waals surface area contributed by atoms with Gasteiger partial charge in [0, 0.05) is 0 Å². The quantitative estimate of drug-likeness (QED) is 0.605. The normalized spacial score (nSPS) is 27.8. The molecular weight excluding hydrogens is 220 g/mol. The Balaban J connectivity index is 2.38. The highest BCUT2D eigenvalue weighted by atomic mass is 32.1. The molecule has 16 heavy (non-hydrogen) atoms. The Bertz CT molecular complexity index is 228. The Kier molecular flexibility index (Phi) is 5.67. The number of rotatable bonds is 4. The Morgan fingerprint density at radius 2 is 2.12 bits per heavy atom. The molecule has 0 heterocycles. The number of ether oxygens (including phenoxy) is 1. The van der Waals surface area contributed by atoms with Gasteiger partial charge in [-0.15, -0.1) is 0 Å². The van der Waals surface area contributed by atoms with Crippen LogP contribution in [0.2, 0.25) is 0 Å². The van der Waals surface area contributed by atoms with Gasteiger partial charge in [0.15, 0.2) is 0 Å². The first-order valence-corrected chi connectivity index (χ1v) is 6.94. The van der Waals surface area contributed by atoms with Crippen LogP contribution >= 0.6 is 12.6 Å². The molecule has 1 aliphatic carbocycles. The lowest BCUT2D eigenvalue weighted by Gasteiger charge is -2.29. The monoisotopic (exact) mass is 244 g/mol. The number of carbonyl (C=O) groups excluding carboxylic acids is 1. The van der Waals surface area contributed by atoms with E-state index in [1.165, 1.54) is 19.3 Å². The van der Waals surface area contributed by atoms with Gasteiger partial charge in [0.05, 0.1) is 0 Å². The van der Waals surface area contributed by atoms with Gasteiger partial charge in [-0.05, 0) is 31.1 Å². The molecule has 94 valence electrons. The van der Waals surface area contributed by atoms with E-state index in [4.69, 9.17) is 4.74 Å². The number of esters is 1. The molecule has 0 aromatic rings. The van der Waals surface area contributed by atoms with Crippen LogP contribution in [0.5, 0.6) is 0 Å². The maximum atomic E-state index is 11.7. The average Bonchev–Trinajstić information content (AvgIpc) is 2.28. The largest absolute Gasteiger partial charge is 0.462 e. The zero-order valence-corrected chi connectivity index (χ0v) is 11.5. The maximum absolute atomic E-state index is 11.7. The molecule has 1 fully saturated rings. The molecule has 1 saturated carbocycles. The molecule has 0 aromatic heterocycles. The van der Waals surface area contributed by atoms with Crippen molar-refractivity contribution in [2.45, 2.75) is 64.2 Å².